The second kappa shape index (κ2) is 11.5. The second-order valence-corrected chi connectivity index (χ2v) is 9.72. The minimum Gasteiger partial charge on any atom is -0.481 e. The van der Waals surface area contributed by atoms with Gasteiger partial charge in [-0.05, 0) is 50.8 Å². The second-order valence-electron chi connectivity index (χ2n) is 8.72. The number of thiazole rings is 1. The number of urea groups is 1. The molecule has 3 heterocycles. The molecule has 1 aliphatic rings. The number of nitrogens with one attached hydrogen (secondary N) is 2. The van der Waals surface area contributed by atoms with Crippen molar-refractivity contribution in [2.45, 2.75) is 40.0 Å². The predicted octanol–water partition coefficient (Wildman–Crippen LogP) is 4.13. The molecule has 196 valence electrons. The van der Waals surface area contributed by atoms with Crippen LogP contribution in [-0.4, -0.2) is 64.5 Å². The number of aryl methyl sites for hydroxylation is 1. The topological polar surface area (TPSA) is 142 Å². The van der Waals surface area contributed by atoms with Crippen LogP contribution in [0.25, 0.3) is 21.3 Å². The molecule has 12 heteroatoms. The number of carbonyl (C=O) groups excluding carboxylic acids is 1. The number of hydrogen-bond donors (Lipinski definition) is 3. The molecule has 1 aromatic carbocycles. The minimum atomic E-state index is -0.741. The molecule has 0 radical (unpaired) electrons. The minimum absolute atomic E-state index is 0.310. The van der Waals surface area contributed by atoms with Gasteiger partial charge in [0.25, 0.3) is 0 Å². The lowest BCUT2D eigenvalue weighted by atomic mass is 9.97. The van der Waals surface area contributed by atoms with Crippen LogP contribution < -0.4 is 15.5 Å². The molecule has 11 nitrogen and oxygen atoms in total. The maximum absolute atomic E-state index is 12.0. The number of piperidine rings is 1. The maximum atomic E-state index is 12.0. The van der Waals surface area contributed by atoms with E-state index in [9.17, 15) is 14.7 Å². The zero-order valence-electron chi connectivity index (χ0n) is 21.4. The van der Waals surface area contributed by atoms with Gasteiger partial charge in [0.2, 0.25) is 5.95 Å². The van der Waals surface area contributed by atoms with Gasteiger partial charge in [0.15, 0.2) is 5.13 Å². The van der Waals surface area contributed by atoms with E-state index in [1.54, 1.807) is 0 Å². The molecule has 2 aromatic heterocycles. The smallest absolute Gasteiger partial charge is 0.321 e. The average Bonchev–Trinajstić information content (AvgIpc) is 3.30. The number of aromatic nitrogens is 3. The summed E-state index contributed by atoms with van der Waals surface area (Å²) < 4.78 is 0.880. The SMILES string of the molecule is CCNC(=O)Nc1nc2cc(-c3cnc(N4CCC(C(=O)O)CC4)nc3CC)cc(C(C)=NOC)c2s1. The van der Waals surface area contributed by atoms with Crippen molar-refractivity contribution in [3.8, 4) is 11.1 Å². The third kappa shape index (κ3) is 5.79. The van der Waals surface area contributed by atoms with Gasteiger partial charge in [0.1, 0.15) is 7.11 Å². The molecule has 1 aliphatic heterocycles. The summed E-state index contributed by atoms with van der Waals surface area (Å²) in [5, 5.41) is 19.4. The number of hydrogen-bond acceptors (Lipinski definition) is 9. The van der Waals surface area contributed by atoms with Crippen LogP contribution in [0.15, 0.2) is 23.5 Å². The zero-order valence-corrected chi connectivity index (χ0v) is 22.2. The number of carboxylic acids is 1. The third-order valence-electron chi connectivity index (χ3n) is 6.29. The molecule has 2 amide bonds. The highest BCUT2D eigenvalue weighted by Gasteiger charge is 2.26. The van der Waals surface area contributed by atoms with E-state index in [1.807, 2.05) is 44.0 Å². The van der Waals surface area contributed by atoms with Crippen molar-refractivity contribution in [1.82, 2.24) is 20.3 Å². The summed E-state index contributed by atoms with van der Waals surface area (Å²) in [6, 6.07) is 3.67. The molecule has 0 spiro atoms. The van der Waals surface area contributed by atoms with Crippen molar-refractivity contribution in [1.29, 1.82) is 0 Å². The average molecular weight is 526 g/mol. The largest absolute Gasteiger partial charge is 0.481 e. The molecule has 0 aliphatic carbocycles. The quantitative estimate of drug-likeness (QED) is 0.294. The van der Waals surface area contributed by atoms with Gasteiger partial charge in [-0.2, -0.15) is 0 Å². The van der Waals surface area contributed by atoms with Crippen molar-refractivity contribution in [2.75, 3.05) is 37.0 Å². The number of fused-ring (bicyclic) bond motifs is 1. The van der Waals surface area contributed by atoms with E-state index in [1.165, 1.54) is 18.4 Å². The first-order chi connectivity index (χ1) is 17.8. The van der Waals surface area contributed by atoms with Crippen LogP contribution in [-0.2, 0) is 16.1 Å². The molecular weight excluding hydrogens is 494 g/mol. The monoisotopic (exact) mass is 525 g/mol. The normalized spacial score (nSPS) is 14.6. The Kier molecular flexibility index (Phi) is 8.17. The van der Waals surface area contributed by atoms with Crippen LogP contribution in [0.4, 0.5) is 15.9 Å². The van der Waals surface area contributed by atoms with Crippen molar-refractivity contribution in [3.63, 3.8) is 0 Å². The van der Waals surface area contributed by atoms with E-state index in [2.05, 4.69) is 25.8 Å². The number of nitrogens with zero attached hydrogens (tertiary/aromatic N) is 5. The number of oxime groups is 1. The van der Waals surface area contributed by atoms with Gasteiger partial charge >= 0.3 is 12.0 Å². The Morgan fingerprint density at radius 1 is 1.24 bits per heavy atom. The zero-order chi connectivity index (χ0) is 26.5. The summed E-state index contributed by atoms with van der Waals surface area (Å²) in [4.78, 5) is 44.6. The molecule has 0 saturated carbocycles. The van der Waals surface area contributed by atoms with E-state index in [4.69, 9.17) is 9.82 Å². The van der Waals surface area contributed by atoms with Gasteiger partial charge in [0, 0.05) is 37.0 Å². The van der Waals surface area contributed by atoms with Crippen molar-refractivity contribution >= 4 is 50.3 Å². The highest BCUT2D eigenvalue weighted by atomic mass is 32.1. The Morgan fingerprint density at radius 3 is 2.65 bits per heavy atom. The molecule has 0 unspecified atom stereocenters. The van der Waals surface area contributed by atoms with E-state index in [0.717, 1.165) is 32.6 Å². The first-order valence-electron chi connectivity index (χ1n) is 12.3. The van der Waals surface area contributed by atoms with Gasteiger partial charge in [0.05, 0.1) is 27.5 Å². The van der Waals surface area contributed by atoms with Crippen molar-refractivity contribution < 1.29 is 19.5 Å². The molecule has 0 bridgehead atoms. The Bertz CT molecular complexity index is 1330. The fourth-order valence-corrected chi connectivity index (χ4v) is 5.40. The van der Waals surface area contributed by atoms with Crippen LogP contribution in [0, 0.1) is 5.92 Å². The van der Waals surface area contributed by atoms with E-state index < -0.39 is 5.97 Å². The lowest BCUT2D eigenvalue weighted by molar-refractivity contribution is -0.142. The predicted molar refractivity (Wildman–Crippen MR) is 145 cm³/mol. The van der Waals surface area contributed by atoms with Crippen LogP contribution in [0.3, 0.4) is 0 Å². The van der Waals surface area contributed by atoms with Crippen molar-refractivity contribution in [3.05, 3.63) is 29.6 Å². The van der Waals surface area contributed by atoms with E-state index in [-0.39, 0.29) is 11.9 Å². The maximum Gasteiger partial charge on any atom is 0.321 e. The molecule has 1 fully saturated rings. The first kappa shape index (κ1) is 26.3. The lowest BCUT2D eigenvalue weighted by Crippen LogP contribution is -2.37. The molecule has 3 N–H and O–H groups in total. The number of benzene rings is 1. The Hall–Kier alpha value is -3.80. The molecule has 4 rings (SSSR count). The van der Waals surface area contributed by atoms with Crippen LogP contribution in [0.1, 0.15) is 44.9 Å². The fourth-order valence-electron chi connectivity index (χ4n) is 4.39. The molecule has 1 saturated heterocycles. The Labute approximate surface area is 219 Å². The van der Waals surface area contributed by atoms with Gasteiger partial charge in [-0.25, -0.2) is 19.7 Å². The van der Waals surface area contributed by atoms with Crippen LogP contribution in [0.2, 0.25) is 0 Å². The highest BCUT2D eigenvalue weighted by molar-refractivity contribution is 7.22. The number of anilines is 2. The number of carboxylic acid groups (broad SMARTS) is 1. The lowest BCUT2D eigenvalue weighted by Gasteiger charge is -2.30. The van der Waals surface area contributed by atoms with Gasteiger partial charge in [-0.15, -0.1) is 0 Å². The number of aliphatic carboxylic acids is 1. The third-order valence-corrected chi connectivity index (χ3v) is 7.31. The summed E-state index contributed by atoms with van der Waals surface area (Å²) in [5.41, 5.74) is 4.89. The first-order valence-corrected chi connectivity index (χ1v) is 13.1. The molecular formula is C25H31N7O4S. The summed E-state index contributed by atoms with van der Waals surface area (Å²) in [5.74, 6) is -0.436. The number of amides is 2. The highest BCUT2D eigenvalue weighted by Crippen LogP contribution is 2.35. The summed E-state index contributed by atoms with van der Waals surface area (Å²) in [6.45, 7) is 7.49. The molecule has 3 aromatic rings. The van der Waals surface area contributed by atoms with Gasteiger partial charge in [-0.1, -0.05) is 23.4 Å². The fraction of sp³-hybridized carbons (Fsp3) is 0.440. The molecule has 37 heavy (non-hydrogen) atoms. The summed E-state index contributed by atoms with van der Waals surface area (Å²) in [6.07, 6.45) is 3.67. The van der Waals surface area contributed by atoms with Crippen LogP contribution >= 0.6 is 11.3 Å². The van der Waals surface area contributed by atoms with E-state index in [0.29, 0.717) is 55.7 Å². The Morgan fingerprint density at radius 2 is 2.00 bits per heavy atom. The Balaban J connectivity index is 1.72. The number of rotatable bonds is 8. The summed E-state index contributed by atoms with van der Waals surface area (Å²) >= 11 is 1.37. The summed E-state index contributed by atoms with van der Waals surface area (Å²) in [7, 11) is 1.50. The number of carbonyl (C=O) groups is 2. The van der Waals surface area contributed by atoms with Gasteiger partial charge in [-0.3, -0.25) is 10.1 Å². The molecule has 0 atom stereocenters. The van der Waals surface area contributed by atoms with Crippen LogP contribution in [0.5, 0.6) is 0 Å². The standard InChI is InChI=1S/C25H31N7O4S/c1-5-19-18(13-27-23(28-19)32-9-7-15(8-10-32)22(33)34)16-11-17(14(3)31-36-4)21-20(12-16)29-25(37-21)30-24(35)26-6-2/h11-13,15H,5-10H2,1-4H3,(H,33,34)(H2,26,29,30,35). The van der Waals surface area contributed by atoms with Crippen molar-refractivity contribution in [2.24, 2.45) is 11.1 Å². The van der Waals surface area contributed by atoms with E-state index >= 15 is 0 Å². The van der Waals surface area contributed by atoms with Gasteiger partial charge < -0.3 is 20.2 Å².